The Morgan fingerprint density at radius 2 is 1.56 bits per heavy atom. The lowest BCUT2D eigenvalue weighted by atomic mass is 9.88. The Balaban J connectivity index is 2.40. The van der Waals surface area contributed by atoms with Gasteiger partial charge in [0.05, 0.1) is 10.9 Å². The van der Waals surface area contributed by atoms with Crippen LogP contribution < -0.4 is 5.36 Å². The Kier molecular flexibility index (Phi) is 6.04. The number of carboxylic acid groups (broad SMARTS) is 1. The first-order chi connectivity index (χ1) is 16.6. The summed E-state index contributed by atoms with van der Waals surface area (Å²) in [6, 6.07) is 9.89. The molecule has 4 N–H and O–H groups in total. The summed E-state index contributed by atoms with van der Waals surface area (Å²) in [6.45, 7) is 5.16. The van der Waals surface area contributed by atoms with Crippen LogP contribution in [0, 0.1) is 12.3 Å². The first kappa shape index (κ1) is 25.5. The van der Waals surface area contributed by atoms with Crippen LogP contribution in [0.25, 0.3) is 33.4 Å². The molecule has 0 bridgehead atoms. The van der Waals surface area contributed by atoms with Crippen molar-refractivity contribution < 1.29 is 40.3 Å². The van der Waals surface area contributed by atoms with Crippen molar-refractivity contribution in [3.63, 3.8) is 0 Å². The smallest absolute Gasteiger partial charge is 0.336 e. The Morgan fingerprint density at radius 1 is 0.917 bits per heavy atom. The topological polar surface area (TPSA) is 183 Å². The van der Waals surface area contributed by atoms with E-state index in [0.717, 1.165) is 11.6 Å². The van der Waals surface area contributed by atoms with Crippen LogP contribution in [-0.4, -0.2) is 37.0 Å². The van der Waals surface area contributed by atoms with Crippen molar-refractivity contribution in [3.8, 4) is 22.5 Å². The summed E-state index contributed by atoms with van der Waals surface area (Å²) in [5.74, 6) is -1.88. The third-order valence-electron chi connectivity index (χ3n) is 5.89. The minimum Gasteiger partial charge on any atom is -0.478 e. The van der Waals surface area contributed by atoms with Gasteiger partial charge >= 0.3 is 5.97 Å². The fourth-order valence-electron chi connectivity index (χ4n) is 4.25. The molecule has 2 aliphatic rings. The fraction of sp³-hybridized carbons (Fsp3) is 0.167. The van der Waals surface area contributed by atoms with Gasteiger partial charge in [0.2, 0.25) is 0 Å². The lowest BCUT2D eigenvalue weighted by molar-refractivity contribution is 0.0697. The van der Waals surface area contributed by atoms with Crippen LogP contribution in [-0.2, 0) is 20.2 Å². The molecule has 0 saturated heterocycles. The predicted molar refractivity (Wildman–Crippen MR) is 130 cm³/mol. The molecule has 1 aliphatic carbocycles. The Bertz CT molecular complexity index is 1820. The molecule has 188 valence electrons. The number of rotatable bonds is 5. The molecule has 1 heterocycles. The lowest BCUT2D eigenvalue weighted by Gasteiger charge is -2.21. The number of hydrogen-bond donors (Lipinski definition) is 4. The molecule has 0 radical (unpaired) electrons. The van der Waals surface area contributed by atoms with Gasteiger partial charge in [0.15, 0.2) is 16.2 Å². The molecular weight excluding hydrogens is 510 g/mol. The van der Waals surface area contributed by atoms with Gasteiger partial charge in [-0.3, -0.25) is 14.5 Å². The van der Waals surface area contributed by atoms with E-state index < -0.39 is 52.7 Å². The number of fused-ring (bicyclic) bond motifs is 2. The summed E-state index contributed by atoms with van der Waals surface area (Å²) in [4.78, 5) is 10.6. The maximum absolute atomic E-state index is 12.3. The van der Waals surface area contributed by atoms with Crippen LogP contribution in [0.4, 0.5) is 0 Å². The highest BCUT2D eigenvalue weighted by Gasteiger charge is 2.31. The van der Waals surface area contributed by atoms with Crippen LogP contribution in [0.5, 0.6) is 0 Å². The monoisotopic (exact) mass is 531 g/mol. The lowest BCUT2D eigenvalue weighted by Crippen LogP contribution is -2.16. The number of benzene rings is 3. The van der Waals surface area contributed by atoms with Gasteiger partial charge in [-0.05, 0) is 53.8 Å². The van der Waals surface area contributed by atoms with Crippen molar-refractivity contribution in [2.24, 2.45) is 0 Å². The quantitative estimate of drug-likeness (QED) is 0.215. The van der Waals surface area contributed by atoms with Gasteiger partial charge < -0.3 is 9.52 Å². The molecule has 10 nitrogen and oxygen atoms in total. The normalized spacial score (nSPS) is 12.5. The molecule has 0 aromatic heterocycles. The van der Waals surface area contributed by atoms with Crippen LogP contribution >= 0.6 is 0 Å². The van der Waals surface area contributed by atoms with Crippen LogP contribution in [0.1, 0.15) is 41.3 Å². The highest BCUT2D eigenvalue weighted by atomic mass is 32.2. The van der Waals surface area contributed by atoms with Crippen molar-refractivity contribution in [2.45, 2.75) is 36.5 Å². The first-order valence-electron chi connectivity index (χ1n) is 10.5. The minimum atomic E-state index is -5.04. The molecule has 0 amide bonds. The van der Waals surface area contributed by atoms with Gasteiger partial charge in [-0.2, -0.15) is 16.8 Å². The molecular formula is C24H21NO9S2. The SMILES string of the molecule is Cc1ccc2c(-c3cc(C(C)C)ccc3C(=O)O)c3ccc(=N)c(S(=O)(=O)O)c-3oc2c1S(=O)(=O)O. The summed E-state index contributed by atoms with van der Waals surface area (Å²) < 4.78 is 74.6. The van der Waals surface area contributed by atoms with E-state index in [0.29, 0.717) is 0 Å². The number of aromatic carboxylic acids is 1. The fourth-order valence-corrected chi connectivity index (χ4v) is 5.84. The summed E-state index contributed by atoms with van der Waals surface area (Å²) in [6.07, 6.45) is 0. The second-order valence-electron chi connectivity index (χ2n) is 8.60. The van der Waals surface area contributed by atoms with Gasteiger partial charge in [-0.25, -0.2) is 4.79 Å². The van der Waals surface area contributed by atoms with Crippen molar-refractivity contribution >= 4 is 37.2 Å². The Hall–Kier alpha value is -3.58. The largest absolute Gasteiger partial charge is 0.478 e. The summed E-state index contributed by atoms with van der Waals surface area (Å²) in [5, 5.41) is 17.4. The van der Waals surface area contributed by atoms with Gasteiger partial charge in [0.1, 0.15) is 4.90 Å². The molecule has 0 spiro atoms. The molecule has 0 saturated carbocycles. The Morgan fingerprint density at radius 3 is 2.11 bits per heavy atom. The highest BCUT2D eigenvalue weighted by Crippen LogP contribution is 2.45. The molecule has 2 aromatic carbocycles. The van der Waals surface area contributed by atoms with E-state index in [1.54, 1.807) is 12.1 Å². The summed E-state index contributed by atoms with van der Waals surface area (Å²) >= 11 is 0. The van der Waals surface area contributed by atoms with Gasteiger partial charge in [-0.15, -0.1) is 0 Å². The summed E-state index contributed by atoms with van der Waals surface area (Å²) in [5.41, 5.74) is 0.437. The molecule has 36 heavy (non-hydrogen) atoms. The zero-order valence-electron chi connectivity index (χ0n) is 19.2. The third kappa shape index (κ3) is 4.17. The molecule has 0 unspecified atom stereocenters. The number of aryl methyl sites for hydroxylation is 1. The zero-order chi connectivity index (χ0) is 26.7. The van der Waals surface area contributed by atoms with Crippen molar-refractivity contribution in [1.82, 2.24) is 0 Å². The van der Waals surface area contributed by atoms with Crippen LogP contribution in [0.2, 0.25) is 0 Å². The van der Waals surface area contributed by atoms with E-state index in [1.807, 2.05) is 13.8 Å². The zero-order valence-corrected chi connectivity index (χ0v) is 20.9. The van der Waals surface area contributed by atoms with Crippen molar-refractivity contribution in [2.75, 3.05) is 0 Å². The second-order valence-corrected chi connectivity index (χ2v) is 11.3. The van der Waals surface area contributed by atoms with Gasteiger partial charge in [0.25, 0.3) is 20.2 Å². The minimum absolute atomic E-state index is 0.0136. The number of carboxylic acids is 1. The van der Waals surface area contributed by atoms with E-state index in [9.17, 15) is 35.8 Å². The van der Waals surface area contributed by atoms with Gasteiger partial charge in [-0.1, -0.05) is 32.0 Å². The molecule has 1 aliphatic heterocycles. The van der Waals surface area contributed by atoms with Crippen LogP contribution in [0.3, 0.4) is 0 Å². The van der Waals surface area contributed by atoms with Gasteiger partial charge in [0, 0.05) is 16.5 Å². The number of carbonyl (C=O) groups is 1. The average molecular weight is 532 g/mol. The second kappa shape index (κ2) is 8.52. The standard InChI is InChI=1S/C24H21NO9S2/c1-11(2)13-5-7-14(24(26)27)17(10-13)19-15-6-4-12(3)22(35(28,29)30)20(15)34-21-16(19)8-9-18(25)23(21)36(31,32)33/h4-11,25H,1-3H3,(H,26,27)(H,28,29,30)(H,31,32,33). The molecule has 0 fully saturated rings. The van der Waals surface area contributed by atoms with E-state index in [-0.39, 0.29) is 39.1 Å². The van der Waals surface area contributed by atoms with Crippen molar-refractivity contribution in [1.29, 1.82) is 5.41 Å². The van der Waals surface area contributed by atoms with Crippen LogP contribution in [0.15, 0.2) is 56.7 Å². The maximum Gasteiger partial charge on any atom is 0.336 e. The summed E-state index contributed by atoms with van der Waals surface area (Å²) in [7, 11) is -9.95. The average Bonchev–Trinajstić information content (AvgIpc) is 2.74. The molecule has 0 atom stereocenters. The molecule has 2 aromatic rings. The predicted octanol–water partition coefficient (Wildman–Crippen LogP) is 4.31. The molecule has 4 rings (SSSR count). The van der Waals surface area contributed by atoms with E-state index in [4.69, 9.17) is 9.83 Å². The first-order valence-corrected chi connectivity index (χ1v) is 13.4. The third-order valence-corrected chi connectivity index (χ3v) is 7.83. The molecule has 12 heteroatoms. The van der Waals surface area contributed by atoms with E-state index in [2.05, 4.69) is 0 Å². The number of hydrogen-bond acceptors (Lipinski definition) is 7. The van der Waals surface area contributed by atoms with E-state index >= 15 is 0 Å². The highest BCUT2D eigenvalue weighted by molar-refractivity contribution is 7.86. The Labute approximate surface area is 206 Å². The number of nitrogens with one attached hydrogen (secondary N) is 1. The van der Waals surface area contributed by atoms with Crippen molar-refractivity contribution in [3.05, 3.63) is 64.5 Å². The maximum atomic E-state index is 12.3. The van der Waals surface area contributed by atoms with E-state index in [1.165, 1.54) is 31.2 Å².